The smallest absolute Gasteiger partial charge is 0.247 e. The summed E-state index contributed by atoms with van der Waals surface area (Å²) in [5, 5.41) is 12.7. The molecule has 2 atom stereocenters. The first-order valence-electron chi connectivity index (χ1n) is 8.28. The molecule has 3 aromatic rings. The Kier molecular flexibility index (Phi) is 4.08. The van der Waals surface area contributed by atoms with Gasteiger partial charge in [0, 0.05) is 11.6 Å². The molecule has 7 heteroatoms. The van der Waals surface area contributed by atoms with Crippen molar-refractivity contribution in [3.63, 3.8) is 0 Å². The third-order valence-electron chi connectivity index (χ3n) is 4.60. The van der Waals surface area contributed by atoms with Crippen LogP contribution in [0.15, 0.2) is 47.4 Å². The highest BCUT2D eigenvalue weighted by atomic mass is 16.4. The Morgan fingerprint density at radius 3 is 2.92 bits per heavy atom. The van der Waals surface area contributed by atoms with Gasteiger partial charge in [0.25, 0.3) is 0 Å². The molecule has 0 N–H and O–H groups in total. The Morgan fingerprint density at radius 2 is 2.12 bits per heavy atom. The Balaban J connectivity index is 1.50. The van der Waals surface area contributed by atoms with Crippen LogP contribution < -0.4 is 0 Å². The molecule has 1 aliphatic heterocycles. The molecule has 1 saturated heterocycles. The van der Waals surface area contributed by atoms with E-state index in [1.165, 1.54) is 6.42 Å². The molecular formula is C17H20N6O. The summed E-state index contributed by atoms with van der Waals surface area (Å²) in [6.07, 6.45) is 5.65. The van der Waals surface area contributed by atoms with Crippen LogP contribution in [0, 0.1) is 0 Å². The van der Waals surface area contributed by atoms with Crippen molar-refractivity contribution < 1.29 is 4.42 Å². The zero-order valence-corrected chi connectivity index (χ0v) is 13.6. The summed E-state index contributed by atoms with van der Waals surface area (Å²) in [5.41, 5.74) is 0.948. The SMILES string of the molecule is C[C@@H](c1nnc(-c2ccccc2)o1)N1CCC[C@@H]1Cn1cncn1. The lowest BCUT2D eigenvalue weighted by Crippen LogP contribution is -2.35. The van der Waals surface area contributed by atoms with Gasteiger partial charge < -0.3 is 4.42 Å². The van der Waals surface area contributed by atoms with Crippen LogP contribution in [0.5, 0.6) is 0 Å². The molecule has 0 saturated carbocycles. The van der Waals surface area contributed by atoms with Crippen LogP contribution in [-0.4, -0.2) is 42.4 Å². The molecule has 124 valence electrons. The molecule has 7 nitrogen and oxygen atoms in total. The van der Waals surface area contributed by atoms with Crippen molar-refractivity contribution >= 4 is 0 Å². The van der Waals surface area contributed by atoms with Gasteiger partial charge in [0.2, 0.25) is 11.8 Å². The van der Waals surface area contributed by atoms with E-state index in [1.54, 1.807) is 12.7 Å². The lowest BCUT2D eigenvalue weighted by Gasteiger charge is -2.28. The van der Waals surface area contributed by atoms with E-state index in [4.69, 9.17) is 4.42 Å². The van der Waals surface area contributed by atoms with Crippen LogP contribution in [0.4, 0.5) is 0 Å². The summed E-state index contributed by atoms with van der Waals surface area (Å²) in [6.45, 7) is 4.00. The van der Waals surface area contributed by atoms with E-state index >= 15 is 0 Å². The summed E-state index contributed by atoms with van der Waals surface area (Å²) >= 11 is 0. The Morgan fingerprint density at radius 1 is 1.25 bits per heavy atom. The summed E-state index contributed by atoms with van der Waals surface area (Å²) in [4.78, 5) is 6.44. The number of rotatable bonds is 5. The fourth-order valence-corrected chi connectivity index (χ4v) is 3.35. The van der Waals surface area contributed by atoms with Gasteiger partial charge in [-0.3, -0.25) is 9.58 Å². The third kappa shape index (κ3) is 2.94. The molecule has 0 unspecified atom stereocenters. The first-order chi connectivity index (χ1) is 11.8. The number of nitrogens with zero attached hydrogens (tertiary/aromatic N) is 6. The third-order valence-corrected chi connectivity index (χ3v) is 4.60. The minimum absolute atomic E-state index is 0.0889. The van der Waals surface area contributed by atoms with Gasteiger partial charge in [0.05, 0.1) is 12.6 Å². The highest BCUT2D eigenvalue weighted by molar-refractivity contribution is 5.51. The monoisotopic (exact) mass is 324 g/mol. The maximum atomic E-state index is 5.93. The van der Waals surface area contributed by atoms with E-state index in [-0.39, 0.29) is 6.04 Å². The highest BCUT2D eigenvalue weighted by Crippen LogP contribution is 2.30. The lowest BCUT2D eigenvalue weighted by molar-refractivity contribution is 0.152. The predicted molar refractivity (Wildman–Crippen MR) is 87.9 cm³/mol. The van der Waals surface area contributed by atoms with Crippen molar-refractivity contribution in [1.82, 2.24) is 29.9 Å². The second-order valence-corrected chi connectivity index (χ2v) is 6.14. The Hall–Kier alpha value is -2.54. The van der Waals surface area contributed by atoms with Crippen LogP contribution in [0.25, 0.3) is 11.5 Å². The standard InChI is InChI=1S/C17H20N6O/c1-13(16-20-21-17(24-16)14-6-3-2-4-7-14)23-9-5-8-15(23)10-22-12-18-11-19-22/h2-4,6-7,11-13,15H,5,8-10H2,1H3/t13-,15+/m0/s1. The quantitative estimate of drug-likeness (QED) is 0.718. The van der Waals surface area contributed by atoms with Crippen molar-refractivity contribution in [2.75, 3.05) is 6.54 Å². The normalized spacial score (nSPS) is 19.6. The van der Waals surface area contributed by atoms with Gasteiger partial charge in [-0.2, -0.15) is 5.10 Å². The van der Waals surface area contributed by atoms with Gasteiger partial charge in [-0.25, -0.2) is 4.98 Å². The van der Waals surface area contributed by atoms with Crippen molar-refractivity contribution in [2.24, 2.45) is 0 Å². The molecular weight excluding hydrogens is 304 g/mol. The zero-order valence-electron chi connectivity index (χ0n) is 13.6. The molecule has 1 fully saturated rings. The number of hydrogen-bond donors (Lipinski definition) is 0. The fraction of sp³-hybridized carbons (Fsp3) is 0.412. The van der Waals surface area contributed by atoms with Gasteiger partial charge >= 0.3 is 0 Å². The van der Waals surface area contributed by atoms with Gasteiger partial charge in [-0.05, 0) is 38.4 Å². The van der Waals surface area contributed by atoms with Crippen LogP contribution in [0.1, 0.15) is 31.7 Å². The van der Waals surface area contributed by atoms with E-state index in [1.807, 2.05) is 35.0 Å². The van der Waals surface area contributed by atoms with E-state index in [9.17, 15) is 0 Å². The number of hydrogen-bond acceptors (Lipinski definition) is 6. The topological polar surface area (TPSA) is 72.9 Å². The van der Waals surface area contributed by atoms with Crippen molar-refractivity contribution in [3.8, 4) is 11.5 Å². The molecule has 1 aromatic carbocycles. The maximum absolute atomic E-state index is 5.93. The van der Waals surface area contributed by atoms with Crippen molar-refractivity contribution in [1.29, 1.82) is 0 Å². The average molecular weight is 324 g/mol. The molecule has 0 spiro atoms. The van der Waals surface area contributed by atoms with Crippen LogP contribution in [0.2, 0.25) is 0 Å². The van der Waals surface area contributed by atoms with Crippen molar-refractivity contribution in [2.45, 2.75) is 38.4 Å². The van der Waals surface area contributed by atoms with E-state index in [0.29, 0.717) is 17.8 Å². The van der Waals surface area contributed by atoms with E-state index in [2.05, 4.69) is 32.1 Å². The number of likely N-dealkylation sites (tertiary alicyclic amines) is 1. The molecule has 0 aliphatic carbocycles. The molecule has 3 heterocycles. The molecule has 0 radical (unpaired) electrons. The zero-order chi connectivity index (χ0) is 16.4. The number of benzene rings is 1. The molecule has 1 aliphatic rings. The van der Waals surface area contributed by atoms with Crippen LogP contribution in [-0.2, 0) is 6.54 Å². The minimum atomic E-state index is 0.0889. The van der Waals surface area contributed by atoms with E-state index in [0.717, 1.165) is 25.1 Å². The second kappa shape index (κ2) is 6.52. The van der Waals surface area contributed by atoms with Crippen molar-refractivity contribution in [3.05, 3.63) is 48.9 Å². The average Bonchev–Trinajstić information content (AvgIpc) is 3.37. The van der Waals surface area contributed by atoms with Gasteiger partial charge in [0.15, 0.2) is 0 Å². The summed E-state index contributed by atoms with van der Waals surface area (Å²) in [5.74, 6) is 1.24. The first kappa shape index (κ1) is 15.0. The van der Waals surface area contributed by atoms with E-state index < -0.39 is 0 Å². The van der Waals surface area contributed by atoms with Gasteiger partial charge in [0.1, 0.15) is 12.7 Å². The molecule has 24 heavy (non-hydrogen) atoms. The predicted octanol–water partition coefficient (Wildman–Crippen LogP) is 2.55. The Bertz CT molecular complexity index is 770. The van der Waals surface area contributed by atoms with Gasteiger partial charge in [-0.1, -0.05) is 18.2 Å². The van der Waals surface area contributed by atoms with Crippen LogP contribution >= 0.6 is 0 Å². The maximum Gasteiger partial charge on any atom is 0.247 e. The summed E-state index contributed by atoms with van der Waals surface area (Å²) in [6, 6.07) is 10.4. The fourth-order valence-electron chi connectivity index (χ4n) is 3.35. The summed E-state index contributed by atoms with van der Waals surface area (Å²) in [7, 11) is 0. The molecule has 4 rings (SSSR count). The summed E-state index contributed by atoms with van der Waals surface area (Å²) < 4.78 is 7.82. The van der Waals surface area contributed by atoms with Gasteiger partial charge in [-0.15, -0.1) is 10.2 Å². The molecule has 0 amide bonds. The lowest BCUT2D eigenvalue weighted by atomic mass is 10.2. The molecule has 0 bridgehead atoms. The highest BCUT2D eigenvalue weighted by Gasteiger charge is 2.32. The number of aromatic nitrogens is 5. The largest absolute Gasteiger partial charge is 0.419 e. The molecule has 2 aromatic heterocycles. The second-order valence-electron chi connectivity index (χ2n) is 6.14. The van der Waals surface area contributed by atoms with Crippen LogP contribution in [0.3, 0.4) is 0 Å². The Labute approximate surface area is 140 Å². The minimum Gasteiger partial charge on any atom is -0.419 e. The first-order valence-corrected chi connectivity index (χ1v) is 8.28.